The fourth-order valence-electron chi connectivity index (χ4n) is 1.87. The highest BCUT2D eigenvalue weighted by atomic mass is 79.9. The number of hydrogen-bond donors (Lipinski definition) is 1. The second-order valence-electron chi connectivity index (χ2n) is 4.39. The number of esters is 1. The molecular formula is C16H15BrClNO2. The lowest BCUT2D eigenvalue weighted by molar-refractivity contribution is -0.144. The zero-order valence-electron chi connectivity index (χ0n) is 11.5. The summed E-state index contributed by atoms with van der Waals surface area (Å²) < 4.78 is 6.12. The van der Waals surface area contributed by atoms with Gasteiger partial charge in [0.1, 0.15) is 0 Å². The zero-order valence-corrected chi connectivity index (χ0v) is 13.8. The maximum absolute atomic E-state index is 12.2. The molecule has 2 aromatic carbocycles. The summed E-state index contributed by atoms with van der Waals surface area (Å²) in [6.45, 7) is 2.13. The minimum Gasteiger partial charge on any atom is -0.464 e. The van der Waals surface area contributed by atoms with Gasteiger partial charge >= 0.3 is 5.97 Å². The minimum absolute atomic E-state index is 0.317. The second kappa shape index (κ2) is 7.48. The van der Waals surface area contributed by atoms with Crippen molar-refractivity contribution in [2.24, 2.45) is 0 Å². The van der Waals surface area contributed by atoms with Gasteiger partial charge in [0.25, 0.3) is 0 Å². The third-order valence-corrected chi connectivity index (χ3v) is 3.66. The molecule has 0 amide bonds. The molecule has 0 aliphatic rings. The van der Waals surface area contributed by atoms with Gasteiger partial charge in [-0.05, 0) is 48.9 Å². The number of anilines is 1. The molecule has 0 saturated carbocycles. The van der Waals surface area contributed by atoms with Gasteiger partial charge < -0.3 is 10.1 Å². The Balaban J connectivity index is 2.25. The largest absolute Gasteiger partial charge is 0.464 e. The summed E-state index contributed by atoms with van der Waals surface area (Å²) in [4.78, 5) is 12.2. The van der Waals surface area contributed by atoms with E-state index >= 15 is 0 Å². The lowest BCUT2D eigenvalue weighted by atomic mass is 10.1. The molecule has 0 spiro atoms. The van der Waals surface area contributed by atoms with Crippen molar-refractivity contribution in [3.63, 3.8) is 0 Å². The van der Waals surface area contributed by atoms with Crippen molar-refractivity contribution in [1.29, 1.82) is 0 Å². The summed E-state index contributed by atoms with van der Waals surface area (Å²) in [5, 5.41) is 3.82. The van der Waals surface area contributed by atoms with Crippen LogP contribution in [-0.2, 0) is 9.53 Å². The van der Waals surface area contributed by atoms with Crippen LogP contribution in [0.15, 0.2) is 53.0 Å². The SMILES string of the molecule is CCOC(=O)C(Nc1ccc(Br)cc1)c1ccc(Cl)cc1. The highest BCUT2D eigenvalue weighted by molar-refractivity contribution is 9.10. The van der Waals surface area contributed by atoms with E-state index in [0.29, 0.717) is 11.6 Å². The van der Waals surface area contributed by atoms with E-state index in [2.05, 4.69) is 21.2 Å². The van der Waals surface area contributed by atoms with E-state index in [4.69, 9.17) is 16.3 Å². The van der Waals surface area contributed by atoms with E-state index in [1.54, 1.807) is 19.1 Å². The number of benzene rings is 2. The lowest BCUT2D eigenvalue weighted by Crippen LogP contribution is -2.23. The zero-order chi connectivity index (χ0) is 15.2. The summed E-state index contributed by atoms with van der Waals surface area (Å²) in [5.41, 5.74) is 1.65. The predicted octanol–water partition coefficient (Wildman–Crippen LogP) is 4.82. The molecule has 110 valence electrons. The second-order valence-corrected chi connectivity index (χ2v) is 5.74. The summed E-state index contributed by atoms with van der Waals surface area (Å²) in [5.74, 6) is -0.317. The molecule has 0 aliphatic heterocycles. The third kappa shape index (κ3) is 4.48. The molecule has 0 heterocycles. The normalized spacial score (nSPS) is 11.8. The van der Waals surface area contributed by atoms with Crippen molar-refractivity contribution in [2.75, 3.05) is 11.9 Å². The van der Waals surface area contributed by atoms with Crippen LogP contribution < -0.4 is 5.32 Å². The molecule has 0 aromatic heterocycles. The van der Waals surface area contributed by atoms with Crippen molar-refractivity contribution in [2.45, 2.75) is 13.0 Å². The molecule has 1 N–H and O–H groups in total. The van der Waals surface area contributed by atoms with Crippen LogP contribution in [0, 0.1) is 0 Å². The van der Waals surface area contributed by atoms with Crippen LogP contribution in [0.1, 0.15) is 18.5 Å². The fourth-order valence-corrected chi connectivity index (χ4v) is 2.26. The number of ether oxygens (including phenoxy) is 1. The molecule has 21 heavy (non-hydrogen) atoms. The fraction of sp³-hybridized carbons (Fsp3) is 0.188. The molecule has 5 heteroatoms. The van der Waals surface area contributed by atoms with Gasteiger partial charge in [0.2, 0.25) is 0 Å². The maximum Gasteiger partial charge on any atom is 0.333 e. The Morgan fingerprint density at radius 3 is 2.38 bits per heavy atom. The number of carbonyl (C=O) groups excluding carboxylic acids is 1. The summed E-state index contributed by atoms with van der Waals surface area (Å²) in [6.07, 6.45) is 0. The molecule has 0 fully saturated rings. The number of halogens is 2. The van der Waals surface area contributed by atoms with Gasteiger partial charge in [-0.2, -0.15) is 0 Å². The van der Waals surface area contributed by atoms with Gasteiger partial charge in [0.15, 0.2) is 6.04 Å². The topological polar surface area (TPSA) is 38.3 Å². The highest BCUT2D eigenvalue weighted by Gasteiger charge is 2.21. The van der Waals surface area contributed by atoms with Crippen LogP contribution in [0.4, 0.5) is 5.69 Å². The molecule has 2 rings (SSSR count). The molecule has 0 aliphatic carbocycles. The minimum atomic E-state index is -0.566. The number of hydrogen-bond acceptors (Lipinski definition) is 3. The van der Waals surface area contributed by atoms with Crippen LogP contribution in [0.25, 0.3) is 0 Å². The van der Waals surface area contributed by atoms with Gasteiger partial charge in [-0.3, -0.25) is 0 Å². The van der Waals surface area contributed by atoms with Crippen LogP contribution in [-0.4, -0.2) is 12.6 Å². The first-order valence-corrected chi connectivity index (χ1v) is 7.71. The van der Waals surface area contributed by atoms with Crippen molar-refractivity contribution < 1.29 is 9.53 Å². The molecule has 1 atom stereocenters. The van der Waals surface area contributed by atoms with Crippen LogP contribution in [0.2, 0.25) is 5.02 Å². The Bertz CT molecular complexity index is 599. The Hall–Kier alpha value is -1.52. The number of carbonyl (C=O) groups is 1. The maximum atomic E-state index is 12.2. The molecule has 0 saturated heterocycles. The van der Waals surface area contributed by atoms with Gasteiger partial charge in [-0.25, -0.2) is 4.79 Å². The summed E-state index contributed by atoms with van der Waals surface area (Å²) in [7, 11) is 0. The average molecular weight is 369 g/mol. The highest BCUT2D eigenvalue weighted by Crippen LogP contribution is 2.24. The first kappa shape index (κ1) is 15.9. The molecule has 2 aromatic rings. The van der Waals surface area contributed by atoms with Crippen LogP contribution >= 0.6 is 27.5 Å². The van der Waals surface area contributed by atoms with Crippen LogP contribution in [0.3, 0.4) is 0 Å². The predicted molar refractivity (Wildman–Crippen MR) is 88.6 cm³/mol. The average Bonchev–Trinajstić information content (AvgIpc) is 2.48. The standard InChI is InChI=1S/C16H15BrClNO2/c1-2-21-16(20)15(11-3-7-13(18)8-4-11)19-14-9-5-12(17)6-10-14/h3-10,15,19H,2H2,1H3. The van der Waals surface area contributed by atoms with Crippen molar-refractivity contribution in [3.8, 4) is 0 Å². The van der Waals surface area contributed by atoms with E-state index in [9.17, 15) is 4.79 Å². The first-order chi connectivity index (χ1) is 10.1. The number of nitrogens with one attached hydrogen (secondary N) is 1. The molecule has 1 unspecified atom stereocenters. The third-order valence-electron chi connectivity index (χ3n) is 2.88. The summed E-state index contributed by atoms with van der Waals surface area (Å²) >= 11 is 9.28. The Morgan fingerprint density at radius 2 is 1.81 bits per heavy atom. The van der Waals surface area contributed by atoms with Gasteiger partial charge in [0.05, 0.1) is 6.61 Å². The van der Waals surface area contributed by atoms with Gasteiger partial charge in [-0.15, -0.1) is 0 Å². The van der Waals surface area contributed by atoms with E-state index in [0.717, 1.165) is 15.7 Å². The van der Waals surface area contributed by atoms with Gasteiger partial charge in [0, 0.05) is 15.2 Å². The van der Waals surface area contributed by atoms with Gasteiger partial charge in [-0.1, -0.05) is 39.7 Å². The van der Waals surface area contributed by atoms with E-state index in [1.807, 2.05) is 36.4 Å². The molecular weight excluding hydrogens is 354 g/mol. The van der Waals surface area contributed by atoms with Crippen molar-refractivity contribution >= 4 is 39.2 Å². The monoisotopic (exact) mass is 367 g/mol. The quantitative estimate of drug-likeness (QED) is 0.769. The Kier molecular flexibility index (Phi) is 5.65. The van der Waals surface area contributed by atoms with Crippen molar-refractivity contribution in [3.05, 3.63) is 63.6 Å². The molecule has 0 bridgehead atoms. The van der Waals surface area contributed by atoms with Crippen LogP contribution in [0.5, 0.6) is 0 Å². The smallest absolute Gasteiger partial charge is 0.333 e. The molecule has 3 nitrogen and oxygen atoms in total. The van der Waals surface area contributed by atoms with E-state index in [1.165, 1.54) is 0 Å². The Labute approximate surface area is 137 Å². The first-order valence-electron chi connectivity index (χ1n) is 6.54. The summed E-state index contributed by atoms with van der Waals surface area (Å²) in [6, 6.07) is 14.2. The lowest BCUT2D eigenvalue weighted by Gasteiger charge is -2.19. The number of rotatable bonds is 5. The van der Waals surface area contributed by atoms with Crippen molar-refractivity contribution in [1.82, 2.24) is 0 Å². The van der Waals surface area contributed by atoms with E-state index < -0.39 is 6.04 Å². The van der Waals surface area contributed by atoms with E-state index in [-0.39, 0.29) is 5.97 Å². The molecule has 0 radical (unpaired) electrons. The Morgan fingerprint density at radius 1 is 1.19 bits per heavy atom.